The van der Waals surface area contributed by atoms with Crippen LogP contribution in [0.3, 0.4) is 0 Å². The predicted octanol–water partition coefficient (Wildman–Crippen LogP) is 5.89. The topological polar surface area (TPSA) is 67.4 Å². The summed E-state index contributed by atoms with van der Waals surface area (Å²) >= 11 is 0. The van der Waals surface area contributed by atoms with Crippen LogP contribution in [-0.2, 0) is 19.5 Å². The fourth-order valence-electron chi connectivity index (χ4n) is 4.90. The number of para-hydroxylation sites is 4. The van der Waals surface area contributed by atoms with Gasteiger partial charge < -0.3 is 15.0 Å². The van der Waals surface area contributed by atoms with E-state index in [0.29, 0.717) is 37.3 Å². The van der Waals surface area contributed by atoms with Gasteiger partial charge in [0, 0.05) is 24.3 Å². The number of rotatable bonds is 3. The van der Waals surface area contributed by atoms with Crippen molar-refractivity contribution in [2.24, 2.45) is 0 Å². The fraction of sp³-hybridized carbons (Fsp3) is 0.156. The van der Waals surface area contributed by atoms with Gasteiger partial charge in [0.05, 0.1) is 23.3 Å². The van der Waals surface area contributed by atoms with E-state index in [-0.39, 0.29) is 11.9 Å². The highest BCUT2D eigenvalue weighted by Gasteiger charge is 2.29. The Bertz CT molecular complexity index is 1570. The van der Waals surface area contributed by atoms with E-state index < -0.39 is 0 Å². The molecule has 1 N–H and O–H groups in total. The first-order valence-corrected chi connectivity index (χ1v) is 12.8. The second-order valence-corrected chi connectivity index (χ2v) is 9.45. The monoisotopic (exact) mass is 500 g/mol. The van der Waals surface area contributed by atoms with E-state index in [1.54, 1.807) is 6.20 Å². The SMILES string of the molecule is O=C(c1cnc2ccccc2n1)N1Cc2ccccc2NCc2ccccc2OC[C@@H]1Cc1ccccc1. The Hall–Kier alpha value is -4.71. The molecule has 1 aliphatic heterocycles. The van der Waals surface area contributed by atoms with Gasteiger partial charge in [0.2, 0.25) is 0 Å². The summed E-state index contributed by atoms with van der Waals surface area (Å²) in [6, 6.07) is 33.8. The van der Waals surface area contributed by atoms with Crippen molar-refractivity contribution in [1.82, 2.24) is 14.9 Å². The third-order valence-corrected chi connectivity index (χ3v) is 6.91. The first-order valence-electron chi connectivity index (χ1n) is 12.8. The number of nitrogens with one attached hydrogen (secondary N) is 1. The Morgan fingerprint density at radius 3 is 2.42 bits per heavy atom. The summed E-state index contributed by atoms with van der Waals surface area (Å²) in [5, 5.41) is 3.56. The van der Waals surface area contributed by atoms with E-state index in [4.69, 9.17) is 4.74 Å². The van der Waals surface area contributed by atoms with Crippen LogP contribution in [0.25, 0.3) is 11.0 Å². The minimum atomic E-state index is -0.239. The molecule has 0 fully saturated rings. The molecule has 0 saturated carbocycles. The van der Waals surface area contributed by atoms with Gasteiger partial charge in [-0.2, -0.15) is 0 Å². The minimum Gasteiger partial charge on any atom is -0.491 e. The zero-order valence-corrected chi connectivity index (χ0v) is 21.0. The van der Waals surface area contributed by atoms with Crippen LogP contribution in [0.2, 0.25) is 0 Å². The third kappa shape index (κ3) is 5.06. The molecule has 1 amide bonds. The molecule has 0 saturated heterocycles. The highest BCUT2D eigenvalue weighted by atomic mass is 16.5. The Balaban J connectivity index is 1.44. The second-order valence-electron chi connectivity index (χ2n) is 9.45. The number of carbonyl (C=O) groups excluding carboxylic acids is 1. The van der Waals surface area contributed by atoms with Gasteiger partial charge >= 0.3 is 0 Å². The summed E-state index contributed by atoms with van der Waals surface area (Å²) in [5.41, 5.74) is 6.01. The molecule has 0 spiro atoms. The standard InChI is InChI=1S/C32H28N4O2/c37-32(30-20-34-28-15-7-8-16-29(28)35-30)36-21-25-13-4-6-14-27(25)33-19-24-12-5-9-17-31(24)38-22-26(36)18-23-10-2-1-3-11-23/h1-17,20,26,33H,18-19,21-22H2/t26-/m0/s1. The van der Waals surface area contributed by atoms with E-state index in [1.165, 1.54) is 0 Å². The second kappa shape index (κ2) is 10.7. The van der Waals surface area contributed by atoms with Gasteiger partial charge in [-0.15, -0.1) is 0 Å². The molecule has 2 heterocycles. The summed E-state index contributed by atoms with van der Waals surface area (Å²) in [6.07, 6.45) is 2.22. The molecule has 1 atom stereocenters. The van der Waals surface area contributed by atoms with Crippen molar-refractivity contribution < 1.29 is 9.53 Å². The number of aromatic nitrogens is 2. The van der Waals surface area contributed by atoms with Gasteiger partial charge in [-0.25, -0.2) is 4.98 Å². The first kappa shape index (κ1) is 23.7. The molecule has 1 aliphatic rings. The molecule has 0 aliphatic carbocycles. The number of fused-ring (bicyclic) bond motifs is 3. The maximum atomic E-state index is 14.2. The molecule has 38 heavy (non-hydrogen) atoms. The van der Waals surface area contributed by atoms with Gasteiger partial charge in [0.25, 0.3) is 5.91 Å². The molecule has 6 heteroatoms. The van der Waals surface area contributed by atoms with E-state index in [0.717, 1.165) is 33.6 Å². The van der Waals surface area contributed by atoms with Gasteiger partial charge in [-0.3, -0.25) is 9.78 Å². The van der Waals surface area contributed by atoms with Gasteiger partial charge in [0.1, 0.15) is 18.1 Å². The number of hydrogen-bond acceptors (Lipinski definition) is 5. The molecule has 6 rings (SSSR count). The van der Waals surface area contributed by atoms with Gasteiger partial charge in [-0.05, 0) is 41.8 Å². The van der Waals surface area contributed by atoms with Crippen LogP contribution in [-0.4, -0.2) is 33.4 Å². The lowest BCUT2D eigenvalue weighted by Gasteiger charge is -2.32. The van der Waals surface area contributed by atoms with Gasteiger partial charge in [0.15, 0.2) is 0 Å². The molecule has 1 aromatic heterocycles. The Labute approximate surface area is 221 Å². The molecule has 0 unspecified atom stereocenters. The molecule has 6 nitrogen and oxygen atoms in total. The fourth-order valence-corrected chi connectivity index (χ4v) is 4.90. The molecule has 5 aromatic rings. The highest BCUT2D eigenvalue weighted by molar-refractivity contribution is 5.94. The van der Waals surface area contributed by atoms with Crippen molar-refractivity contribution in [3.05, 3.63) is 132 Å². The lowest BCUT2D eigenvalue weighted by molar-refractivity contribution is 0.0585. The van der Waals surface area contributed by atoms with Crippen LogP contribution in [0.15, 0.2) is 109 Å². The maximum Gasteiger partial charge on any atom is 0.274 e. The highest BCUT2D eigenvalue weighted by Crippen LogP contribution is 2.27. The number of carbonyl (C=O) groups is 1. The van der Waals surface area contributed by atoms with Crippen LogP contribution in [0, 0.1) is 0 Å². The lowest BCUT2D eigenvalue weighted by Crippen LogP contribution is -2.45. The summed E-state index contributed by atoms with van der Waals surface area (Å²) in [4.78, 5) is 25.3. The molecular weight excluding hydrogens is 472 g/mol. The first-order chi connectivity index (χ1) is 18.7. The molecular formula is C32H28N4O2. The number of ether oxygens (including phenoxy) is 1. The minimum absolute atomic E-state index is 0.171. The zero-order chi connectivity index (χ0) is 25.7. The number of amides is 1. The normalized spacial score (nSPS) is 15.4. The Morgan fingerprint density at radius 2 is 1.55 bits per heavy atom. The molecule has 0 bridgehead atoms. The summed E-state index contributed by atoms with van der Waals surface area (Å²) in [6.45, 7) is 1.38. The number of hydrogen-bond donors (Lipinski definition) is 1. The van der Waals surface area contributed by atoms with Crippen molar-refractivity contribution >= 4 is 22.6 Å². The summed E-state index contributed by atoms with van der Waals surface area (Å²) in [7, 11) is 0. The van der Waals surface area contributed by atoms with E-state index >= 15 is 0 Å². The smallest absolute Gasteiger partial charge is 0.274 e. The van der Waals surface area contributed by atoms with Crippen molar-refractivity contribution in [3.8, 4) is 5.75 Å². The molecule has 4 aromatic carbocycles. The quantitative estimate of drug-likeness (QED) is 0.335. The third-order valence-electron chi connectivity index (χ3n) is 6.91. The zero-order valence-electron chi connectivity index (χ0n) is 21.0. The van der Waals surface area contributed by atoms with Crippen molar-refractivity contribution in [2.45, 2.75) is 25.6 Å². The van der Waals surface area contributed by atoms with Crippen molar-refractivity contribution in [2.75, 3.05) is 11.9 Å². The van der Waals surface area contributed by atoms with Crippen molar-refractivity contribution in [1.29, 1.82) is 0 Å². The van der Waals surface area contributed by atoms with Gasteiger partial charge in [-0.1, -0.05) is 78.9 Å². The van der Waals surface area contributed by atoms with Crippen LogP contribution in [0.5, 0.6) is 5.75 Å². The lowest BCUT2D eigenvalue weighted by atomic mass is 10.0. The van der Waals surface area contributed by atoms with Crippen LogP contribution >= 0.6 is 0 Å². The van der Waals surface area contributed by atoms with E-state index in [2.05, 4.69) is 45.6 Å². The molecule has 188 valence electrons. The average molecular weight is 501 g/mol. The van der Waals surface area contributed by atoms with E-state index in [1.807, 2.05) is 77.7 Å². The van der Waals surface area contributed by atoms with E-state index in [9.17, 15) is 4.79 Å². The number of nitrogens with zero attached hydrogens (tertiary/aromatic N) is 3. The van der Waals surface area contributed by atoms with Crippen LogP contribution in [0.1, 0.15) is 27.2 Å². The van der Waals surface area contributed by atoms with Crippen LogP contribution in [0.4, 0.5) is 5.69 Å². The van der Waals surface area contributed by atoms with Crippen LogP contribution < -0.4 is 10.1 Å². The Morgan fingerprint density at radius 1 is 0.842 bits per heavy atom. The largest absolute Gasteiger partial charge is 0.491 e. The molecule has 0 radical (unpaired) electrons. The summed E-state index contributed by atoms with van der Waals surface area (Å²) in [5.74, 6) is 0.644. The number of anilines is 1. The summed E-state index contributed by atoms with van der Waals surface area (Å²) < 4.78 is 6.42. The predicted molar refractivity (Wildman–Crippen MR) is 149 cm³/mol. The maximum absolute atomic E-state index is 14.2. The average Bonchev–Trinajstić information content (AvgIpc) is 3.00. The Kier molecular flexibility index (Phi) is 6.68. The van der Waals surface area contributed by atoms with Crippen molar-refractivity contribution in [3.63, 3.8) is 0 Å². The number of benzene rings is 4.